The molecular weight excluding hydrogens is 194 g/mol. The van der Waals surface area contributed by atoms with Gasteiger partial charge in [-0.1, -0.05) is 39.5 Å². The van der Waals surface area contributed by atoms with Crippen molar-refractivity contribution >= 4 is 11.9 Å². The highest BCUT2D eigenvalue weighted by Crippen LogP contribution is 2.10. The average molecular weight is 215 g/mol. The Hall–Kier alpha value is -1.06. The van der Waals surface area contributed by atoms with Gasteiger partial charge in [0.25, 0.3) is 0 Å². The van der Waals surface area contributed by atoms with E-state index in [0.717, 1.165) is 19.3 Å². The molecule has 0 rings (SSSR count). The Morgan fingerprint density at radius 3 is 2.47 bits per heavy atom. The van der Waals surface area contributed by atoms with Gasteiger partial charge in [-0.15, -0.1) is 0 Å². The Balaban J connectivity index is 3.55. The number of carboxylic acids is 1. The SMILES string of the molecule is CCCCCCC(C)C(=O)NCC(=O)O. The highest BCUT2D eigenvalue weighted by atomic mass is 16.4. The van der Waals surface area contributed by atoms with Crippen molar-refractivity contribution in [1.29, 1.82) is 0 Å². The van der Waals surface area contributed by atoms with Crippen LogP contribution in [0.25, 0.3) is 0 Å². The summed E-state index contributed by atoms with van der Waals surface area (Å²) in [7, 11) is 0. The van der Waals surface area contributed by atoms with E-state index in [2.05, 4.69) is 12.2 Å². The predicted octanol–water partition coefficient (Wildman–Crippen LogP) is 1.79. The zero-order valence-corrected chi connectivity index (χ0v) is 9.58. The van der Waals surface area contributed by atoms with Crippen molar-refractivity contribution in [2.45, 2.75) is 46.0 Å². The molecule has 1 amide bonds. The first-order valence-corrected chi connectivity index (χ1v) is 5.57. The minimum atomic E-state index is -0.999. The standard InChI is InChI=1S/C11H21NO3/c1-3-4-5-6-7-9(2)11(15)12-8-10(13)14/h9H,3-8H2,1-2H3,(H,12,15)(H,13,14). The minimum absolute atomic E-state index is 0.0822. The van der Waals surface area contributed by atoms with Crippen LogP contribution in [0.3, 0.4) is 0 Å². The second-order valence-corrected chi connectivity index (χ2v) is 3.86. The molecule has 0 aliphatic rings. The van der Waals surface area contributed by atoms with Gasteiger partial charge in [0, 0.05) is 5.92 Å². The summed E-state index contributed by atoms with van der Waals surface area (Å²) >= 11 is 0. The lowest BCUT2D eigenvalue weighted by Crippen LogP contribution is -2.33. The van der Waals surface area contributed by atoms with E-state index >= 15 is 0 Å². The van der Waals surface area contributed by atoms with E-state index in [1.165, 1.54) is 12.8 Å². The van der Waals surface area contributed by atoms with Gasteiger partial charge < -0.3 is 10.4 Å². The number of carbonyl (C=O) groups excluding carboxylic acids is 1. The van der Waals surface area contributed by atoms with Crippen LogP contribution in [0, 0.1) is 5.92 Å². The molecule has 0 spiro atoms. The number of amides is 1. The second-order valence-electron chi connectivity index (χ2n) is 3.86. The van der Waals surface area contributed by atoms with Crippen molar-refractivity contribution in [3.05, 3.63) is 0 Å². The summed E-state index contributed by atoms with van der Waals surface area (Å²) in [4.78, 5) is 21.5. The third-order valence-corrected chi connectivity index (χ3v) is 2.35. The van der Waals surface area contributed by atoms with Crippen LogP contribution >= 0.6 is 0 Å². The molecule has 0 aromatic heterocycles. The number of hydrogen-bond acceptors (Lipinski definition) is 2. The van der Waals surface area contributed by atoms with Crippen molar-refractivity contribution in [1.82, 2.24) is 5.32 Å². The number of nitrogens with one attached hydrogen (secondary N) is 1. The first kappa shape index (κ1) is 13.9. The van der Waals surface area contributed by atoms with Gasteiger partial charge in [-0.3, -0.25) is 9.59 Å². The number of unbranched alkanes of at least 4 members (excludes halogenated alkanes) is 3. The first-order valence-electron chi connectivity index (χ1n) is 5.57. The predicted molar refractivity (Wildman–Crippen MR) is 58.6 cm³/mol. The largest absolute Gasteiger partial charge is 0.480 e. The monoisotopic (exact) mass is 215 g/mol. The molecule has 0 aromatic rings. The molecule has 2 N–H and O–H groups in total. The van der Waals surface area contributed by atoms with Crippen LogP contribution < -0.4 is 5.32 Å². The quantitative estimate of drug-likeness (QED) is 0.607. The van der Waals surface area contributed by atoms with E-state index in [0.29, 0.717) is 0 Å². The number of aliphatic carboxylic acids is 1. The molecule has 0 aliphatic carbocycles. The number of hydrogen-bond donors (Lipinski definition) is 2. The fraction of sp³-hybridized carbons (Fsp3) is 0.818. The highest BCUT2D eigenvalue weighted by molar-refractivity contribution is 5.82. The maximum absolute atomic E-state index is 11.3. The molecule has 15 heavy (non-hydrogen) atoms. The second kappa shape index (κ2) is 8.26. The van der Waals surface area contributed by atoms with Gasteiger partial charge >= 0.3 is 5.97 Å². The topological polar surface area (TPSA) is 66.4 Å². The van der Waals surface area contributed by atoms with Gasteiger partial charge in [-0.25, -0.2) is 0 Å². The smallest absolute Gasteiger partial charge is 0.322 e. The Labute approximate surface area is 91.1 Å². The summed E-state index contributed by atoms with van der Waals surface area (Å²) in [5, 5.41) is 10.8. The van der Waals surface area contributed by atoms with Crippen LogP contribution in [0.15, 0.2) is 0 Å². The maximum atomic E-state index is 11.3. The average Bonchev–Trinajstić information content (AvgIpc) is 2.20. The van der Waals surface area contributed by atoms with Gasteiger partial charge in [-0.2, -0.15) is 0 Å². The lowest BCUT2D eigenvalue weighted by Gasteiger charge is -2.10. The van der Waals surface area contributed by atoms with Gasteiger partial charge in [0.15, 0.2) is 0 Å². The van der Waals surface area contributed by atoms with Crippen molar-refractivity contribution in [3.63, 3.8) is 0 Å². The van der Waals surface area contributed by atoms with E-state index < -0.39 is 5.97 Å². The van der Waals surface area contributed by atoms with Gasteiger partial charge in [0.05, 0.1) is 0 Å². The van der Waals surface area contributed by atoms with Crippen LogP contribution in [0.5, 0.6) is 0 Å². The summed E-state index contributed by atoms with van der Waals surface area (Å²) in [6.07, 6.45) is 5.40. The molecule has 0 saturated carbocycles. The van der Waals surface area contributed by atoms with E-state index in [1.54, 1.807) is 0 Å². The molecule has 0 radical (unpaired) electrons. The minimum Gasteiger partial charge on any atom is -0.480 e. The molecule has 88 valence electrons. The molecule has 0 aliphatic heterocycles. The van der Waals surface area contributed by atoms with Gasteiger partial charge in [0.2, 0.25) is 5.91 Å². The maximum Gasteiger partial charge on any atom is 0.322 e. The molecule has 4 nitrogen and oxygen atoms in total. The normalized spacial score (nSPS) is 12.1. The zero-order chi connectivity index (χ0) is 11.7. The van der Waals surface area contributed by atoms with Crippen LogP contribution in [-0.2, 0) is 9.59 Å². The number of carbonyl (C=O) groups is 2. The Kier molecular flexibility index (Phi) is 7.68. The van der Waals surface area contributed by atoms with E-state index in [4.69, 9.17) is 5.11 Å². The molecule has 0 bridgehead atoms. The fourth-order valence-corrected chi connectivity index (χ4v) is 1.35. The molecular formula is C11H21NO3. The third kappa shape index (κ3) is 7.97. The molecule has 0 heterocycles. The number of rotatable bonds is 8. The Bertz CT molecular complexity index is 204. The molecule has 0 saturated heterocycles. The summed E-state index contributed by atoms with van der Waals surface area (Å²) in [5.74, 6) is -1.24. The Morgan fingerprint density at radius 2 is 1.93 bits per heavy atom. The summed E-state index contributed by atoms with van der Waals surface area (Å²) in [6.45, 7) is 3.70. The molecule has 0 aromatic carbocycles. The highest BCUT2D eigenvalue weighted by Gasteiger charge is 2.12. The third-order valence-electron chi connectivity index (χ3n) is 2.35. The van der Waals surface area contributed by atoms with E-state index in [9.17, 15) is 9.59 Å². The summed E-state index contributed by atoms with van der Waals surface area (Å²) in [6, 6.07) is 0. The Morgan fingerprint density at radius 1 is 1.27 bits per heavy atom. The van der Waals surface area contributed by atoms with Crippen molar-refractivity contribution in [3.8, 4) is 0 Å². The van der Waals surface area contributed by atoms with Crippen LogP contribution in [0.4, 0.5) is 0 Å². The van der Waals surface area contributed by atoms with Crippen LogP contribution in [-0.4, -0.2) is 23.5 Å². The zero-order valence-electron chi connectivity index (χ0n) is 9.58. The van der Waals surface area contributed by atoms with E-state index in [1.807, 2.05) is 6.92 Å². The van der Waals surface area contributed by atoms with Crippen LogP contribution in [0.2, 0.25) is 0 Å². The summed E-state index contributed by atoms with van der Waals surface area (Å²) in [5.41, 5.74) is 0. The molecule has 1 atom stereocenters. The van der Waals surface area contributed by atoms with E-state index in [-0.39, 0.29) is 18.4 Å². The van der Waals surface area contributed by atoms with Gasteiger partial charge in [-0.05, 0) is 6.42 Å². The van der Waals surface area contributed by atoms with Crippen LogP contribution in [0.1, 0.15) is 46.0 Å². The lowest BCUT2D eigenvalue weighted by atomic mass is 10.0. The first-order chi connectivity index (χ1) is 7.07. The van der Waals surface area contributed by atoms with Crippen molar-refractivity contribution in [2.75, 3.05) is 6.54 Å². The van der Waals surface area contributed by atoms with Crippen molar-refractivity contribution in [2.24, 2.45) is 5.92 Å². The fourth-order valence-electron chi connectivity index (χ4n) is 1.35. The molecule has 4 heteroatoms. The number of carboxylic acid groups (broad SMARTS) is 1. The molecule has 0 fully saturated rings. The van der Waals surface area contributed by atoms with Gasteiger partial charge in [0.1, 0.15) is 6.54 Å². The van der Waals surface area contributed by atoms with Crippen molar-refractivity contribution < 1.29 is 14.7 Å². The summed E-state index contributed by atoms with van der Waals surface area (Å²) < 4.78 is 0. The molecule has 1 unspecified atom stereocenters. The lowest BCUT2D eigenvalue weighted by molar-refractivity contribution is -0.138.